The number of benzene rings is 1. The number of nitrogen functional groups attached to an aromatic ring is 1. The van der Waals surface area contributed by atoms with E-state index in [9.17, 15) is 0 Å². The maximum atomic E-state index is 5.85. The molecule has 0 saturated carbocycles. The van der Waals surface area contributed by atoms with Crippen molar-refractivity contribution in [3.05, 3.63) is 28.8 Å². The molecule has 0 atom stereocenters. The van der Waals surface area contributed by atoms with Crippen molar-refractivity contribution < 1.29 is 0 Å². The van der Waals surface area contributed by atoms with E-state index in [0.717, 1.165) is 17.1 Å². The first-order valence-electron chi connectivity index (χ1n) is 4.27. The molecule has 66 valence electrons. The fourth-order valence-corrected chi connectivity index (χ4v) is 1.47. The van der Waals surface area contributed by atoms with Gasteiger partial charge in [-0.1, -0.05) is 24.9 Å². The summed E-state index contributed by atoms with van der Waals surface area (Å²) in [6.07, 6.45) is 3.47. The summed E-state index contributed by atoms with van der Waals surface area (Å²) in [5, 5.41) is 0.737. The quantitative estimate of drug-likeness (QED) is 0.716. The minimum absolute atomic E-state index is 0.737. The maximum absolute atomic E-state index is 5.85. The number of unbranched alkanes of at least 4 members (excludes halogenated alkanes) is 1. The van der Waals surface area contributed by atoms with Crippen LogP contribution in [0.25, 0.3) is 0 Å². The number of halogens is 1. The van der Waals surface area contributed by atoms with E-state index in [1.807, 2.05) is 12.1 Å². The van der Waals surface area contributed by atoms with Crippen molar-refractivity contribution in [2.75, 3.05) is 5.73 Å². The van der Waals surface area contributed by atoms with Gasteiger partial charge < -0.3 is 5.73 Å². The molecule has 0 bridgehead atoms. The van der Waals surface area contributed by atoms with Crippen molar-refractivity contribution in [2.24, 2.45) is 0 Å². The molecule has 0 saturated heterocycles. The van der Waals surface area contributed by atoms with Gasteiger partial charge in [-0.05, 0) is 36.6 Å². The normalized spacial score (nSPS) is 10.2. The third-order valence-corrected chi connectivity index (χ3v) is 2.02. The van der Waals surface area contributed by atoms with Crippen LogP contribution in [0, 0.1) is 0 Å². The van der Waals surface area contributed by atoms with Gasteiger partial charge in [-0.25, -0.2) is 0 Å². The lowest BCUT2D eigenvalue weighted by atomic mass is 10.1. The standard InChI is InChI=1S/C10H14ClN/c1-2-3-4-8-5-9(11)7-10(12)6-8/h5-7H,2-4,12H2,1H3. The predicted molar refractivity (Wildman–Crippen MR) is 54.5 cm³/mol. The lowest BCUT2D eigenvalue weighted by Gasteiger charge is -2.02. The number of hydrogen-bond acceptors (Lipinski definition) is 1. The van der Waals surface area contributed by atoms with Crippen molar-refractivity contribution in [2.45, 2.75) is 26.2 Å². The molecule has 0 heterocycles. The van der Waals surface area contributed by atoms with E-state index in [1.165, 1.54) is 18.4 Å². The Kier molecular flexibility index (Phi) is 3.42. The summed E-state index contributed by atoms with van der Waals surface area (Å²) >= 11 is 5.85. The summed E-state index contributed by atoms with van der Waals surface area (Å²) in [6.45, 7) is 2.17. The molecule has 0 fully saturated rings. The summed E-state index contributed by atoms with van der Waals surface area (Å²) < 4.78 is 0. The van der Waals surface area contributed by atoms with Crippen LogP contribution in [0.15, 0.2) is 18.2 Å². The van der Waals surface area contributed by atoms with Crippen LogP contribution in [0.2, 0.25) is 5.02 Å². The van der Waals surface area contributed by atoms with Crippen LogP contribution in [0.1, 0.15) is 25.3 Å². The number of rotatable bonds is 3. The van der Waals surface area contributed by atoms with Crippen LogP contribution < -0.4 is 5.73 Å². The highest BCUT2D eigenvalue weighted by atomic mass is 35.5. The molecule has 0 aromatic heterocycles. The highest BCUT2D eigenvalue weighted by Crippen LogP contribution is 2.17. The Balaban J connectivity index is 2.72. The molecule has 0 aliphatic rings. The maximum Gasteiger partial charge on any atom is 0.0429 e. The Labute approximate surface area is 78.5 Å². The molecule has 1 aromatic carbocycles. The molecular formula is C10H14ClN. The third-order valence-electron chi connectivity index (χ3n) is 1.80. The molecule has 0 spiro atoms. The van der Waals surface area contributed by atoms with Crippen LogP contribution >= 0.6 is 11.6 Å². The van der Waals surface area contributed by atoms with Gasteiger partial charge in [0.1, 0.15) is 0 Å². The number of nitrogens with two attached hydrogens (primary N) is 1. The van der Waals surface area contributed by atoms with E-state index in [0.29, 0.717) is 0 Å². The van der Waals surface area contributed by atoms with E-state index in [4.69, 9.17) is 17.3 Å². The average Bonchev–Trinajstić information content (AvgIpc) is 1.99. The van der Waals surface area contributed by atoms with Crippen LogP contribution in [0.5, 0.6) is 0 Å². The predicted octanol–water partition coefficient (Wildman–Crippen LogP) is 3.26. The summed E-state index contributed by atoms with van der Waals surface area (Å²) in [5.41, 5.74) is 7.64. The van der Waals surface area contributed by atoms with E-state index in [1.54, 1.807) is 6.07 Å². The number of hydrogen-bond donors (Lipinski definition) is 1. The topological polar surface area (TPSA) is 26.0 Å². The Hall–Kier alpha value is -0.690. The molecule has 0 aliphatic carbocycles. The zero-order chi connectivity index (χ0) is 8.97. The zero-order valence-electron chi connectivity index (χ0n) is 7.31. The van der Waals surface area contributed by atoms with Gasteiger partial charge in [-0.15, -0.1) is 0 Å². The number of anilines is 1. The molecule has 1 nitrogen and oxygen atoms in total. The fraction of sp³-hybridized carbons (Fsp3) is 0.400. The minimum Gasteiger partial charge on any atom is -0.399 e. The molecular weight excluding hydrogens is 170 g/mol. The van der Waals surface area contributed by atoms with Crippen molar-refractivity contribution in [1.82, 2.24) is 0 Å². The van der Waals surface area contributed by atoms with Gasteiger partial charge in [0.25, 0.3) is 0 Å². The van der Waals surface area contributed by atoms with Crippen LogP contribution in [0.4, 0.5) is 5.69 Å². The van der Waals surface area contributed by atoms with Gasteiger partial charge in [0.15, 0.2) is 0 Å². The van der Waals surface area contributed by atoms with Gasteiger partial charge in [-0.3, -0.25) is 0 Å². The minimum atomic E-state index is 0.737. The van der Waals surface area contributed by atoms with Gasteiger partial charge >= 0.3 is 0 Å². The highest BCUT2D eigenvalue weighted by molar-refractivity contribution is 6.30. The van der Waals surface area contributed by atoms with Gasteiger partial charge in [-0.2, -0.15) is 0 Å². The Morgan fingerprint density at radius 1 is 1.33 bits per heavy atom. The molecule has 0 radical (unpaired) electrons. The zero-order valence-corrected chi connectivity index (χ0v) is 8.06. The molecule has 1 rings (SSSR count). The highest BCUT2D eigenvalue weighted by Gasteiger charge is 1.96. The molecule has 0 amide bonds. The molecule has 0 unspecified atom stereocenters. The monoisotopic (exact) mass is 183 g/mol. The fourth-order valence-electron chi connectivity index (χ4n) is 1.20. The second-order valence-electron chi connectivity index (χ2n) is 3.00. The van der Waals surface area contributed by atoms with Gasteiger partial charge in [0.05, 0.1) is 0 Å². The van der Waals surface area contributed by atoms with Gasteiger partial charge in [0, 0.05) is 10.7 Å². The Morgan fingerprint density at radius 2 is 2.08 bits per heavy atom. The van der Waals surface area contributed by atoms with Gasteiger partial charge in [0.2, 0.25) is 0 Å². The smallest absolute Gasteiger partial charge is 0.0429 e. The Morgan fingerprint density at radius 3 is 2.67 bits per heavy atom. The van der Waals surface area contributed by atoms with E-state index in [2.05, 4.69) is 6.92 Å². The molecule has 0 aliphatic heterocycles. The summed E-state index contributed by atoms with van der Waals surface area (Å²) in [5.74, 6) is 0. The molecule has 12 heavy (non-hydrogen) atoms. The van der Waals surface area contributed by atoms with E-state index in [-0.39, 0.29) is 0 Å². The Bertz CT molecular complexity index is 238. The lowest BCUT2D eigenvalue weighted by Crippen LogP contribution is -1.89. The van der Waals surface area contributed by atoms with Crippen LogP contribution in [0.3, 0.4) is 0 Å². The average molecular weight is 184 g/mol. The van der Waals surface area contributed by atoms with Crippen LogP contribution in [-0.4, -0.2) is 0 Å². The molecule has 2 N–H and O–H groups in total. The first kappa shape index (κ1) is 9.40. The summed E-state index contributed by atoms with van der Waals surface area (Å²) in [4.78, 5) is 0. The second-order valence-corrected chi connectivity index (χ2v) is 3.43. The van der Waals surface area contributed by atoms with Crippen molar-refractivity contribution in [3.8, 4) is 0 Å². The third kappa shape index (κ3) is 2.74. The first-order chi connectivity index (χ1) is 5.72. The van der Waals surface area contributed by atoms with Crippen LogP contribution in [-0.2, 0) is 6.42 Å². The SMILES string of the molecule is CCCCc1cc(N)cc(Cl)c1. The summed E-state index contributed by atoms with van der Waals surface area (Å²) in [6, 6.07) is 5.74. The van der Waals surface area contributed by atoms with Crippen molar-refractivity contribution >= 4 is 17.3 Å². The molecule has 1 aromatic rings. The van der Waals surface area contributed by atoms with E-state index >= 15 is 0 Å². The van der Waals surface area contributed by atoms with E-state index < -0.39 is 0 Å². The van der Waals surface area contributed by atoms with Crippen molar-refractivity contribution in [3.63, 3.8) is 0 Å². The number of aryl methyl sites for hydroxylation is 1. The first-order valence-corrected chi connectivity index (χ1v) is 4.65. The summed E-state index contributed by atoms with van der Waals surface area (Å²) in [7, 11) is 0. The lowest BCUT2D eigenvalue weighted by molar-refractivity contribution is 0.795. The second kappa shape index (κ2) is 4.36. The largest absolute Gasteiger partial charge is 0.399 e. The van der Waals surface area contributed by atoms with Crippen molar-refractivity contribution in [1.29, 1.82) is 0 Å². The molecule has 2 heteroatoms.